The molecule has 0 amide bonds. The SMILES string of the molecule is O=S(=O)(NCC1CCN(Cc2ccsc2)CC1)c1ccc(F)c(F)c1. The van der Waals surface area contributed by atoms with Gasteiger partial charge in [0.25, 0.3) is 0 Å². The van der Waals surface area contributed by atoms with Crippen LogP contribution in [0.3, 0.4) is 0 Å². The molecule has 1 aromatic heterocycles. The summed E-state index contributed by atoms with van der Waals surface area (Å²) in [5.74, 6) is -1.97. The molecule has 0 saturated carbocycles. The highest BCUT2D eigenvalue weighted by Crippen LogP contribution is 2.20. The number of sulfonamides is 1. The molecule has 1 fully saturated rings. The predicted molar refractivity (Wildman–Crippen MR) is 93.9 cm³/mol. The van der Waals surface area contributed by atoms with Crippen LogP contribution in [0.5, 0.6) is 0 Å². The van der Waals surface area contributed by atoms with E-state index >= 15 is 0 Å². The molecule has 1 aliphatic rings. The fourth-order valence-corrected chi connectivity index (χ4v) is 4.73. The maximum atomic E-state index is 13.2. The molecular weight excluding hydrogens is 366 g/mol. The topological polar surface area (TPSA) is 49.4 Å². The van der Waals surface area contributed by atoms with Crippen LogP contribution >= 0.6 is 11.3 Å². The molecule has 0 unspecified atom stereocenters. The Morgan fingerprint density at radius 2 is 1.92 bits per heavy atom. The van der Waals surface area contributed by atoms with Crippen molar-refractivity contribution in [2.45, 2.75) is 24.3 Å². The highest BCUT2D eigenvalue weighted by atomic mass is 32.2. The number of hydrogen-bond acceptors (Lipinski definition) is 4. The Hall–Kier alpha value is -1.35. The lowest BCUT2D eigenvalue weighted by atomic mass is 9.97. The third-order valence-electron chi connectivity index (χ3n) is 4.46. The predicted octanol–water partition coefficient (Wildman–Crippen LogP) is 3.22. The van der Waals surface area contributed by atoms with Gasteiger partial charge in [-0.25, -0.2) is 21.9 Å². The number of halogens is 2. The van der Waals surface area contributed by atoms with Crippen LogP contribution < -0.4 is 4.72 Å². The van der Waals surface area contributed by atoms with E-state index in [4.69, 9.17) is 0 Å². The number of piperidine rings is 1. The molecule has 0 bridgehead atoms. The third-order valence-corrected chi connectivity index (χ3v) is 6.61. The zero-order valence-electron chi connectivity index (χ0n) is 13.6. The first kappa shape index (κ1) is 18.4. The molecule has 0 atom stereocenters. The quantitative estimate of drug-likeness (QED) is 0.829. The molecule has 8 heteroatoms. The van der Waals surface area contributed by atoms with Crippen molar-refractivity contribution in [3.8, 4) is 0 Å². The molecule has 2 heterocycles. The molecule has 136 valence electrons. The molecule has 0 aliphatic carbocycles. The van der Waals surface area contributed by atoms with E-state index in [2.05, 4.69) is 26.4 Å². The lowest BCUT2D eigenvalue weighted by molar-refractivity contribution is 0.179. The highest BCUT2D eigenvalue weighted by Gasteiger charge is 2.22. The fourth-order valence-electron chi connectivity index (χ4n) is 2.94. The fraction of sp³-hybridized carbons (Fsp3) is 0.412. The Morgan fingerprint density at radius 3 is 2.56 bits per heavy atom. The van der Waals surface area contributed by atoms with Crippen LogP contribution in [0.2, 0.25) is 0 Å². The van der Waals surface area contributed by atoms with Gasteiger partial charge in [-0.1, -0.05) is 0 Å². The number of hydrogen-bond donors (Lipinski definition) is 1. The Kier molecular flexibility index (Phi) is 5.83. The third kappa shape index (κ3) is 4.84. The van der Waals surface area contributed by atoms with Crippen molar-refractivity contribution >= 4 is 21.4 Å². The van der Waals surface area contributed by atoms with Crippen LogP contribution in [-0.2, 0) is 16.6 Å². The second-order valence-electron chi connectivity index (χ2n) is 6.28. The first-order valence-corrected chi connectivity index (χ1v) is 10.5. The largest absolute Gasteiger partial charge is 0.299 e. The summed E-state index contributed by atoms with van der Waals surface area (Å²) >= 11 is 1.69. The van der Waals surface area contributed by atoms with Crippen molar-refractivity contribution in [3.05, 3.63) is 52.2 Å². The van der Waals surface area contributed by atoms with Crippen LogP contribution in [0, 0.1) is 17.6 Å². The summed E-state index contributed by atoms with van der Waals surface area (Å²) in [4.78, 5) is 2.11. The van der Waals surface area contributed by atoms with Crippen LogP contribution in [0.15, 0.2) is 39.9 Å². The molecule has 2 aromatic rings. The normalized spacial score (nSPS) is 17.0. The number of nitrogens with zero attached hydrogens (tertiary/aromatic N) is 1. The van der Waals surface area contributed by atoms with Gasteiger partial charge in [0.2, 0.25) is 10.0 Å². The van der Waals surface area contributed by atoms with E-state index in [-0.39, 0.29) is 10.8 Å². The van der Waals surface area contributed by atoms with Gasteiger partial charge in [0.05, 0.1) is 4.90 Å². The van der Waals surface area contributed by atoms with Crippen LogP contribution in [0.1, 0.15) is 18.4 Å². The minimum atomic E-state index is -3.82. The Balaban J connectivity index is 1.49. The van der Waals surface area contributed by atoms with Crippen molar-refractivity contribution in [3.63, 3.8) is 0 Å². The van der Waals surface area contributed by atoms with Crippen molar-refractivity contribution < 1.29 is 17.2 Å². The summed E-state index contributed by atoms with van der Waals surface area (Å²) in [6.45, 7) is 3.09. The van der Waals surface area contributed by atoms with Gasteiger partial charge in [-0.2, -0.15) is 11.3 Å². The van der Waals surface area contributed by atoms with Crippen molar-refractivity contribution in [1.29, 1.82) is 0 Å². The summed E-state index contributed by atoms with van der Waals surface area (Å²) in [5, 5.41) is 4.21. The van der Waals surface area contributed by atoms with Gasteiger partial charge in [-0.15, -0.1) is 0 Å². The van der Waals surface area contributed by atoms with E-state index in [1.807, 2.05) is 0 Å². The zero-order chi connectivity index (χ0) is 17.9. The van der Waals surface area contributed by atoms with Crippen LogP contribution in [-0.4, -0.2) is 33.0 Å². The van der Waals surface area contributed by atoms with E-state index in [0.29, 0.717) is 12.6 Å². The molecule has 3 rings (SSSR count). The van der Waals surface area contributed by atoms with E-state index in [9.17, 15) is 17.2 Å². The van der Waals surface area contributed by atoms with Crippen molar-refractivity contribution in [2.24, 2.45) is 5.92 Å². The maximum absolute atomic E-state index is 13.2. The highest BCUT2D eigenvalue weighted by molar-refractivity contribution is 7.89. The second kappa shape index (κ2) is 7.90. The van der Waals surface area contributed by atoms with Gasteiger partial charge in [0.15, 0.2) is 11.6 Å². The number of thiophene rings is 1. The second-order valence-corrected chi connectivity index (χ2v) is 8.83. The Labute approximate surface area is 150 Å². The minimum absolute atomic E-state index is 0.249. The van der Waals surface area contributed by atoms with Gasteiger partial charge in [0, 0.05) is 13.1 Å². The van der Waals surface area contributed by atoms with E-state index in [1.165, 1.54) is 5.56 Å². The van der Waals surface area contributed by atoms with Crippen LogP contribution in [0.25, 0.3) is 0 Å². The van der Waals surface area contributed by atoms with Gasteiger partial charge in [0.1, 0.15) is 0 Å². The van der Waals surface area contributed by atoms with Gasteiger partial charge < -0.3 is 0 Å². The molecule has 1 N–H and O–H groups in total. The molecule has 1 aliphatic heterocycles. The number of benzene rings is 1. The molecule has 0 spiro atoms. The molecule has 0 radical (unpaired) electrons. The monoisotopic (exact) mass is 386 g/mol. The lowest BCUT2D eigenvalue weighted by Crippen LogP contribution is -2.38. The summed E-state index contributed by atoms with van der Waals surface area (Å²) < 4.78 is 53.1. The standard InChI is InChI=1S/C17H20F2N2O2S2/c18-16-2-1-15(9-17(16)19)25(22,23)20-10-13-3-6-21(7-4-13)11-14-5-8-24-12-14/h1-2,5,8-9,12-13,20H,3-4,6-7,10-11H2. The number of nitrogens with one attached hydrogen (secondary N) is 1. The van der Waals surface area contributed by atoms with Crippen LogP contribution in [0.4, 0.5) is 8.78 Å². The summed E-state index contributed by atoms with van der Waals surface area (Å²) in [7, 11) is -3.82. The first-order chi connectivity index (χ1) is 11.9. The molecule has 1 saturated heterocycles. The first-order valence-electron chi connectivity index (χ1n) is 8.12. The van der Waals surface area contributed by atoms with E-state index in [1.54, 1.807) is 11.3 Å². The molecule has 4 nitrogen and oxygen atoms in total. The van der Waals surface area contributed by atoms with Gasteiger partial charge in [-0.3, -0.25) is 4.90 Å². The smallest absolute Gasteiger partial charge is 0.240 e. The average Bonchev–Trinajstić information content (AvgIpc) is 3.10. The van der Waals surface area contributed by atoms with E-state index < -0.39 is 21.7 Å². The minimum Gasteiger partial charge on any atom is -0.299 e. The number of likely N-dealkylation sites (tertiary alicyclic amines) is 1. The molecule has 25 heavy (non-hydrogen) atoms. The Bertz CT molecular complexity index is 802. The molecular formula is C17H20F2N2O2S2. The Morgan fingerprint density at radius 1 is 1.16 bits per heavy atom. The lowest BCUT2D eigenvalue weighted by Gasteiger charge is -2.31. The summed E-state index contributed by atoms with van der Waals surface area (Å²) in [6.07, 6.45) is 1.81. The van der Waals surface area contributed by atoms with Gasteiger partial charge >= 0.3 is 0 Å². The summed E-state index contributed by atoms with van der Waals surface area (Å²) in [6, 6.07) is 4.73. The molecule has 1 aromatic carbocycles. The zero-order valence-corrected chi connectivity index (χ0v) is 15.3. The van der Waals surface area contributed by atoms with E-state index in [0.717, 1.165) is 44.6 Å². The van der Waals surface area contributed by atoms with Crippen molar-refractivity contribution in [1.82, 2.24) is 9.62 Å². The van der Waals surface area contributed by atoms with Crippen molar-refractivity contribution in [2.75, 3.05) is 19.6 Å². The average molecular weight is 386 g/mol. The maximum Gasteiger partial charge on any atom is 0.240 e. The van der Waals surface area contributed by atoms with Gasteiger partial charge in [-0.05, 0) is 72.4 Å². The summed E-state index contributed by atoms with van der Waals surface area (Å²) in [5.41, 5.74) is 1.31. The number of rotatable bonds is 6.